The molecule has 2 N–H and O–H groups in total. The van der Waals surface area contributed by atoms with E-state index in [-0.39, 0.29) is 17.6 Å². The van der Waals surface area contributed by atoms with Crippen LogP contribution in [0, 0.1) is 11.7 Å². The summed E-state index contributed by atoms with van der Waals surface area (Å²) in [6.07, 6.45) is 1.09. The van der Waals surface area contributed by atoms with E-state index in [2.05, 4.69) is 25.7 Å². The van der Waals surface area contributed by atoms with Crippen LogP contribution in [-0.2, 0) is 0 Å². The van der Waals surface area contributed by atoms with Gasteiger partial charge in [0.1, 0.15) is 0 Å². The molecule has 4 heteroatoms. The van der Waals surface area contributed by atoms with Gasteiger partial charge < -0.3 is 10.5 Å². The molecule has 2 unspecified atom stereocenters. The molecule has 0 fully saturated rings. The lowest BCUT2D eigenvalue weighted by atomic mass is 9.99. The van der Waals surface area contributed by atoms with E-state index in [0.717, 1.165) is 12.0 Å². The molecule has 0 amide bonds. The second kappa shape index (κ2) is 7.60. The molecule has 2 atom stereocenters. The van der Waals surface area contributed by atoms with Crippen molar-refractivity contribution >= 4 is 0 Å². The van der Waals surface area contributed by atoms with Crippen molar-refractivity contribution in [3.05, 3.63) is 29.6 Å². The van der Waals surface area contributed by atoms with Crippen molar-refractivity contribution in [3.63, 3.8) is 0 Å². The third kappa shape index (κ3) is 4.18. The Morgan fingerprint density at radius 3 is 2.40 bits per heavy atom. The van der Waals surface area contributed by atoms with Crippen LogP contribution in [0.25, 0.3) is 0 Å². The van der Waals surface area contributed by atoms with Gasteiger partial charge in [0.2, 0.25) is 0 Å². The molecule has 0 heterocycles. The molecule has 3 nitrogen and oxygen atoms in total. The van der Waals surface area contributed by atoms with Crippen LogP contribution >= 0.6 is 0 Å². The van der Waals surface area contributed by atoms with Gasteiger partial charge in [0.25, 0.3) is 0 Å². The van der Waals surface area contributed by atoms with Gasteiger partial charge in [-0.3, -0.25) is 4.90 Å². The van der Waals surface area contributed by atoms with E-state index in [1.807, 2.05) is 13.1 Å². The smallest absolute Gasteiger partial charge is 0.165 e. The molecule has 0 saturated heterocycles. The Morgan fingerprint density at radius 2 is 1.95 bits per heavy atom. The topological polar surface area (TPSA) is 38.5 Å². The van der Waals surface area contributed by atoms with Crippen LogP contribution in [-0.4, -0.2) is 31.6 Å². The number of benzene rings is 1. The van der Waals surface area contributed by atoms with Gasteiger partial charge in [-0.15, -0.1) is 0 Å². The molecule has 0 radical (unpaired) electrons. The third-order valence-electron chi connectivity index (χ3n) is 3.78. The molecule has 0 aliphatic heterocycles. The first-order valence-electron chi connectivity index (χ1n) is 7.16. The molecule has 1 aromatic carbocycles. The van der Waals surface area contributed by atoms with Crippen LogP contribution < -0.4 is 10.5 Å². The van der Waals surface area contributed by atoms with Crippen LogP contribution in [0.5, 0.6) is 5.75 Å². The summed E-state index contributed by atoms with van der Waals surface area (Å²) in [5.74, 6) is 0.550. The maximum Gasteiger partial charge on any atom is 0.165 e. The minimum Gasteiger partial charge on any atom is -0.494 e. The first-order chi connectivity index (χ1) is 9.40. The monoisotopic (exact) mass is 282 g/mol. The molecule has 0 bridgehead atoms. The minimum absolute atomic E-state index is 0.0177. The van der Waals surface area contributed by atoms with Crippen LogP contribution in [0.2, 0.25) is 0 Å². The minimum atomic E-state index is -0.339. The Bertz CT molecular complexity index is 423. The zero-order valence-corrected chi connectivity index (χ0v) is 13.2. The number of hydrogen-bond acceptors (Lipinski definition) is 3. The van der Waals surface area contributed by atoms with Gasteiger partial charge in [-0.2, -0.15) is 0 Å². The number of nitrogens with two attached hydrogens (primary N) is 1. The Labute approximate surface area is 121 Å². The van der Waals surface area contributed by atoms with Crippen molar-refractivity contribution in [2.24, 2.45) is 11.7 Å². The molecule has 0 spiro atoms. The Kier molecular flexibility index (Phi) is 6.43. The van der Waals surface area contributed by atoms with E-state index < -0.39 is 0 Å². The van der Waals surface area contributed by atoms with Crippen molar-refractivity contribution in [1.82, 2.24) is 4.90 Å². The fourth-order valence-corrected chi connectivity index (χ4v) is 2.58. The maximum absolute atomic E-state index is 13.8. The quantitative estimate of drug-likeness (QED) is 0.834. The summed E-state index contributed by atoms with van der Waals surface area (Å²) >= 11 is 0. The molecular weight excluding hydrogens is 255 g/mol. The summed E-state index contributed by atoms with van der Waals surface area (Å²) in [6.45, 7) is 7.05. The third-order valence-corrected chi connectivity index (χ3v) is 3.78. The zero-order chi connectivity index (χ0) is 15.3. The number of halogens is 1. The average Bonchev–Trinajstić information content (AvgIpc) is 2.38. The number of nitrogens with zero attached hydrogens (tertiary/aromatic N) is 1. The van der Waals surface area contributed by atoms with Crippen molar-refractivity contribution in [3.8, 4) is 5.75 Å². The van der Waals surface area contributed by atoms with Crippen molar-refractivity contribution in [2.75, 3.05) is 20.7 Å². The number of methoxy groups -OCH3 is 1. The Morgan fingerprint density at radius 1 is 1.30 bits per heavy atom. The van der Waals surface area contributed by atoms with Crippen LogP contribution in [0.3, 0.4) is 0 Å². The predicted octanol–water partition coefficient (Wildman–Crippen LogP) is 3.20. The first-order valence-corrected chi connectivity index (χ1v) is 7.16. The van der Waals surface area contributed by atoms with Gasteiger partial charge in [-0.05, 0) is 44.0 Å². The lowest BCUT2D eigenvalue weighted by Crippen LogP contribution is -2.37. The lowest BCUT2D eigenvalue weighted by molar-refractivity contribution is 0.168. The lowest BCUT2D eigenvalue weighted by Gasteiger charge is -2.33. The number of hydrogen-bond donors (Lipinski definition) is 1. The van der Waals surface area contributed by atoms with Gasteiger partial charge in [0.05, 0.1) is 7.11 Å². The molecule has 0 saturated carbocycles. The summed E-state index contributed by atoms with van der Waals surface area (Å²) in [6, 6.07) is 5.49. The fourth-order valence-electron chi connectivity index (χ4n) is 2.58. The standard InChI is InChI=1S/C16H27FN2O/c1-11(2)8-12(3)19(4)15(10-18)13-6-7-16(20-5)14(17)9-13/h6-7,9,11-12,15H,8,10,18H2,1-5H3. The molecule has 0 aliphatic carbocycles. The molecule has 114 valence electrons. The number of rotatable bonds is 7. The van der Waals surface area contributed by atoms with E-state index in [1.165, 1.54) is 13.2 Å². The highest BCUT2D eigenvalue weighted by Gasteiger charge is 2.22. The van der Waals surface area contributed by atoms with Gasteiger partial charge in [0.15, 0.2) is 11.6 Å². The van der Waals surface area contributed by atoms with E-state index >= 15 is 0 Å². The number of ether oxygens (including phenoxy) is 1. The van der Waals surface area contributed by atoms with E-state index in [9.17, 15) is 4.39 Å². The normalized spacial score (nSPS) is 14.7. The Hall–Kier alpha value is -1.13. The zero-order valence-electron chi connectivity index (χ0n) is 13.2. The van der Waals surface area contributed by atoms with Gasteiger partial charge >= 0.3 is 0 Å². The number of likely N-dealkylation sites (N-methyl/N-ethyl adjacent to an activating group) is 1. The summed E-state index contributed by atoms with van der Waals surface area (Å²) in [5.41, 5.74) is 6.79. The van der Waals surface area contributed by atoms with Crippen molar-refractivity contribution < 1.29 is 9.13 Å². The Balaban J connectivity index is 2.92. The molecular formula is C16H27FN2O. The highest BCUT2D eigenvalue weighted by atomic mass is 19.1. The predicted molar refractivity (Wildman–Crippen MR) is 81.4 cm³/mol. The fraction of sp³-hybridized carbons (Fsp3) is 0.625. The van der Waals surface area contributed by atoms with Crippen LogP contribution in [0.15, 0.2) is 18.2 Å². The molecule has 0 aromatic heterocycles. The second-order valence-electron chi connectivity index (χ2n) is 5.79. The van der Waals surface area contributed by atoms with Crippen molar-refractivity contribution in [2.45, 2.75) is 39.3 Å². The second-order valence-corrected chi connectivity index (χ2v) is 5.79. The van der Waals surface area contributed by atoms with E-state index in [0.29, 0.717) is 18.5 Å². The van der Waals surface area contributed by atoms with Crippen LogP contribution in [0.1, 0.15) is 38.8 Å². The first kappa shape index (κ1) is 16.9. The molecule has 0 aliphatic rings. The van der Waals surface area contributed by atoms with Gasteiger partial charge in [-0.1, -0.05) is 19.9 Å². The molecule has 1 aromatic rings. The van der Waals surface area contributed by atoms with Crippen LogP contribution in [0.4, 0.5) is 4.39 Å². The SMILES string of the molecule is COc1ccc(C(CN)N(C)C(C)CC(C)C)cc1F. The average molecular weight is 282 g/mol. The molecule has 20 heavy (non-hydrogen) atoms. The van der Waals surface area contributed by atoms with E-state index in [1.54, 1.807) is 6.07 Å². The molecule has 1 rings (SSSR count). The summed E-state index contributed by atoms with van der Waals surface area (Å²) in [4.78, 5) is 2.22. The summed E-state index contributed by atoms with van der Waals surface area (Å²) < 4.78 is 18.8. The van der Waals surface area contributed by atoms with Crippen molar-refractivity contribution in [1.29, 1.82) is 0 Å². The van der Waals surface area contributed by atoms with Gasteiger partial charge in [0, 0.05) is 18.6 Å². The summed E-state index contributed by atoms with van der Waals surface area (Å²) in [5, 5.41) is 0. The largest absolute Gasteiger partial charge is 0.494 e. The maximum atomic E-state index is 13.8. The van der Waals surface area contributed by atoms with E-state index in [4.69, 9.17) is 10.5 Å². The highest BCUT2D eigenvalue weighted by molar-refractivity contribution is 5.31. The summed E-state index contributed by atoms with van der Waals surface area (Å²) in [7, 11) is 3.52. The highest BCUT2D eigenvalue weighted by Crippen LogP contribution is 2.26. The van der Waals surface area contributed by atoms with Gasteiger partial charge in [-0.25, -0.2) is 4.39 Å².